The maximum Gasteiger partial charge on any atom is 0.255 e. The van der Waals surface area contributed by atoms with Gasteiger partial charge in [-0.2, -0.15) is 0 Å². The van der Waals surface area contributed by atoms with E-state index in [1.54, 1.807) is 12.1 Å². The second-order valence-electron chi connectivity index (χ2n) is 5.54. The summed E-state index contributed by atoms with van der Waals surface area (Å²) >= 11 is 5.58. The SMILES string of the molecule is Cc1ccc(C(=O)Nc2cc(NCC(O)CCl)ccc2C)cc1. The highest BCUT2D eigenvalue weighted by Crippen LogP contribution is 2.21. The Labute approximate surface area is 141 Å². The van der Waals surface area contributed by atoms with E-state index in [4.69, 9.17) is 11.6 Å². The first kappa shape index (κ1) is 17.3. The van der Waals surface area contributed by atoms with Crippen LogP contribution in [0.5, 0.6) is 0 Å². The van der Waals surface area contributed by atoms with Crippen LogP contribution in [0.1, 0.15) is 21.5 Å². The summed E-state index contributed by atoms with van der Waals surface area (Å²) in [6, 6.07) is 13.1. The number of amides is 1. The van der Waals surface area contributed by atoms with Crippen molar-refractivity contribution in [2.75, 3.05) is 23.1 Å². The van der Waals surface area contributed by atoms with Crippen LogP contribution < -0.4 is 10.6 Å². The number of carbonyl (C=O) groups is 1. The Hall–Kier alpha value is -2.04. The summed E-state index contributed by atoms with van der Waals surface area (Å²) in [5.41, 5.74) is 4.25. The topological polar surface area (TPSA) is 61.4 Å². The van der Waals surface area contributed by atoms with Gasteiger partial charge < -0.3 is 15.7 Å². The van der Waals surface area contributed by atoms with Crippen molar-refractivity contribution in [2.45, 2.75) is 20.0 Å². The summed E-state index contributed by atoms with van der Waals surface area (Å²) < 4.78 is 0. The summed E-state index contributed by atoms with van der Waals surface area (Å²) in [4.78, 5) is 12.3. The monoisotopic (exact) mass is 332 g/mol. The van der Waals surface area contributed by atoms with Crippen molar-refractivity contribution >= 4 is 28.9 Å². The van der Waals surface area contributed by atoms with Crippen LogP contribution in [0, 0.1) is 13.8 Å². The van der Waals surface area contributed by atoms with Crippen molar-refractivity contribution in [3.05, 3.63) is 59.2 Å². The molecule has 1 unspecified atom stereocenters. The van der Waals surface area contributed by atoms with Gasteiger partial charge in [-0.25, -0.2) is 0 Å². The maximum atomic E-state index is 12.3. The van der Waals surface area contributed by atoms with E-state index in [0.29, 0.717) is 12.1 Å². The third-order valence-corrected chi connectivity index (χ3v) is 3.88. The van der Waals surface area contributed by atoms with Crippen LogP contribution in [0.2, 0.25) is 0 Å². The first-order valence-electron chi connectivity index (χ1n) is 7.46. The molecule has 1 atom stereocenters. The Morgan fingerprint density at radius 3 is 2.52 bits per heavy atom. The van der Waals surface area contributed by atoms with Crippen molar-refractivity contribution < 1.29 is 9.90 Å². The zero-order valence-electron chi connectivity index (χ0n) is 13.3. The van der Waals surface area contributed by atoms with Gasteiger partial charge in [-0.1, -0.05) is 23.8 Å². The molecule has 0 radical (unpaired) electrons. The predicted octanol–water partition coefficient (Wildman–Crippen LogP) is 3.57. The van der Waals surface area contributed by atoms with Gasteiger partial charge in [-0.05, 0) is 43.7 Å². The molecule has 0 spiro atoms. The number of nitrogens with one attached hydrogen (secondary N) is 2. The number of alkyl halides is 1. The number of halogens is 1. The second-order valence-corrected chi connectivity index (χ2v) is 5.85. The summed E-state index contributed by atoms with van der Waals surface area (Å²) in [6.07, 6.45) is -0.608. The Balaban J connectivity index is 2.09. The smallest absolute Gasteiger partial charge is 0.255 e. The van der Waals surface area contributed by atoms with Gasteiger partial charge in [0.15, 0.2) is 0 Å². The van der Waals surface area contributed by atoms with Crippen molar-refractivity contribution in [3.8, 4) is 0 Å². The quantitative estimate of drug-likeness (QED) is 0.709. The van der Waals surface area contributed by atoms with E-state index < -0.39 is 6.10 Å². The molecule has 2 aromatic rings. The molecule has 2 aromatic carbocycles. The lowest BCUT2D eigenvalue weighted by Gasteiger charge is -2.14. The van der Waals surface area contributed by atoms with Crippen LogP contribution in [0.15, 0.2) is 42.5 Å². The van der Waals surface area contributed by atoms with Gasteiger partial charge in [0, 0.05) is 23.5 Å². The molecule has 0 saturated heterocycles. The Kier molecular flexibility index (Phi) is 6.02. The Morgan fingerprint density at radius 2 is 1.87 bits per heavy atom. The summed E-state index contributed by atoms with van der Waals surface area (Å²) in [7, 11) is 0. The van der Waals surface area contributed by atoms with Crippen molar-refractivity contribution in [1.29, 1.82) is 0 Å². The highest BCUT2D eigenvalue weighted by atomic mass is 35.5. The lowest BCUT2D eigenvalue weighted by atomic mass is 10.1. The third kappa shape index (κ3) is 4.98. The van der Waals surface area contributed by atoms with E-state index in [1.165, 1.54) is 0 Å². The number of benzene rings is 2. The molecule has 23 heavy (non-hydrogen) atoms. The first-order chi connectivity index (χ1) is 11.0. The fourth-order valence-electron chi connectivity index (χ4n) is 2.06. The number of aryl methyl sites for hydroxylation is 2. The molecule has 3 N–H and O–H groups in total. The standard InChI is InChI=1S/C18H21ClN2O2/c1-12-3-6-14(7-4-12)18(23)21-17-9-15(8-5-13(17)2)20-11-16(22)10-19/h3-9,16,20,22H,10-11H2,1-2H3,(H,21,23). The normalized spacial score (nSPS) is 11.8. The Morgan fingerprint density at radius 1 is 1.17 bits per heavy atom. The lowest BCUT2D eigenvalue weighted by molar-refractivity contribution is 0.102. The molecule has 0 aliphatic heterocycles. The van der Waals surface area contributed by atoms with Crippen molar-refractivity contribution in [1.82, 2.24) is 0 Å². The molecular weight excluding hydrogens is 312 g/mol. The van der Waals surface area contributed by atoms with Gasteiger partial charge in [0.2, 0.25) is 0 Å². The fraction of sp³-hybridized carbons (Fsp3) is 0.278. The molecule has 0 fully saturated rings. The van der Waals surface area contributed by atoms with Gasteiger partial charge in [-0.15, -0.1) is 11.6 Å². The molecule has 0 aromatic heterocycles. The molecule has 0 heterocycles. The van der Waals surface area contributed by atoms with E-state index in [9.17, 15) is 9.90 Å². The predicted molar refractivity (Wildman–Crippen MR) is 95.5 cm³/mol. The van der Waals surface area contributed by atoms with Gasteiger partial charge in [-0.3, -0.25) is 4.79 Å². The number of aliphatic hydroxyl groups excluding tert-OH is 1. The van der Waals surface area contributed by atoms with Gasteiger partial charge in [0.05, 0.1) is 12.0 Å². The molecule has 4 nitrogen and oxygen atoms in total. The first-order valence-corrected chi connectivity index (χ1v) is 7.99. The zero-order valence-corrected chi connectivity index (χ0v) is 14.0. The molecule has 0 bridgehead atoms. The van der Waals surface area contributed by atoms with Crippen LogP contribution >= 0.6 is 11.6 Å². The van der Waals surface area contributed by atoms with E-state index in [1.807, 2.05) is 44.2 Å². The van der Waals surface area contributed by atoms with E-state index in [-0.39, 0.29) is 11.8 Å². The number of aliphatic hydroxyl groups is 1. The highest BCUT2D eigenvalue weighted by Gasteiger charge is 2.09. The lowest BCUT2D eigenvalue weighted by Crippen LogP contribution is -2.21. The van der Waals surface area contributed by atoms with Crippen LogP contribution in [0.4, 0.5) is 11.4 Å². The van der Waals surface area contributed by atoms with Crippen LogP contribution in [0.3, 0.4) is 0 Å². The number of hydrogen-bond donors (Lipinski definition) is 3. The minimum absolute atomic E-state index is 0.147. The van der Waals surface area contributed by atoms with Crippen molar-refractivity contribution in [2.24, 2.45) is 0 Å². The molecule has 2 rings (SSSR count). The number of rotatable bonds is 6. The minimum Gasteiger partial charge on any atom is -0.390 e. The maximum absolute atomic E-state index is 12.3. The molecule has 0 saturated carbocycles. The van der Waals surface area contributed by atoms with Crippen LogP contribution in [-0.4, -0.2) is 29.5 Å². The number of carbonyl (C=O) groups excluding carboxylic acids is 1. The average Bonchev–Trinajstić information content (AvgIpc) is 2.55. The van der Waals surface area contributed by atoms with E-state index >= 15 is 0 Å². The summed E-state index contributed by atoms with van der Waals surface area (Å²) in [5, 5.41) is 15.5. The number of hydrogen-bond acceptors (Lipinski definition) is 3. The Bertz CT molecular complexity index is 671. The molecule has 122 valence electrons. The highest BCUT2D eigenvalue weighted by molar-refractivity contribution is 6.18. The largest absolute Gasteiger partial charge is 0.390 e. The van der Waals surface area contributed by atoms with Crippen LogP contribution in [0.25, 0.3) is 0 Å². The molecule has 1 amide bonds. The van der Waals surface area contributed by atoms with Crippen molar-refractivity contribution in [3.63, 3.8) is 0 Å². The molecular formula is C18H21ClN2O2. The average molecular weight is 333 g/mol. The molecule has 0 aliphatic rings. The van der Waals surface area contributed by atoms with E-state index in [2.05, 4.69) is 10.6 Å². The minimum atomic E-state index is -0.608. The van der Waals surface area contributed by atoms with E-state index in [0.717, 1.165) is 22.5 Å². The van der Waals surface area contributed by atoms with Gasteiger partial charge >= 0.3 is 0 Å². The fourth-order valence-corrected chi connectivity index (χ4v) is 2.17. The van der Waals surface area contributed by atoms with Gasteiger partial charge in [0.25, 0.3) is 5.91 Å². The third-order valence-electron chi connectivity index (χ3n) is 3.52. The summed E-state index contributed by atoms with van der Waals surface area (Å²) in [6.45, 7) is 4.27. The number of anilines is 2. The molecule has 5 heteroatoms. The van der Waals surface area contributed by atoms with Gasteiger partial charge in [0.1, 0.15) is 0 Å². The zero-order chi connectivity index (χ0) is 16.8. The summed E-state index contributed by atoms with van der Waals surface area (Å²) in [5.74, 6) is 0.0293. The second kappa shape index (κ2) is 7.99. The van der Waals surface area contributed by atoms with Crippen LogP contribution in [-0.2, 0) is 0 Å². The molecule has 0 aliphatic carbocycles.